The van der Waals surface area contributed by atoms with Crippen LogP contribution >= 0.6 is 23.2 Å². The lowest BCUT2D eigenvalue weighted by molar-refractivity contribution is 0.0953. The van der Waals surface area contributed by atoms with Gasteiger partial charge in [-0.05, 0) is 37.3 Å². The average Bonchev–Trinajstić information content (AvgIpc) is 3.33. The molecule has 2 aromatic carbocycles. The lowest BCUT2D eigenvalue weighted by Crippen LogP contribution is -2.52. The number of piperazine rings is 1. The SMILES string of the molecule is COc1cc(N2CCN(C(=O)NCCNC(=O)c3ccc(Cl)c(Cl)c3)CC2)ccc1-n1cnc(C)n1. The van der Waals surface area contributed by atoms with E-state index in [1.165, 1.54) is 6.07 Å². The molecule has 0 atom stereocenters. The van der Waals surface area contributed by atoms with Crippen LogP contribution in [0.4, 0.5) is 10.5 Å². The summed E-state index contributed by atoms with van der Waals surface area (Å²) in [7, 11) is 1.63. The van der Waals surface area contributed by atoms with Crippen molar-refractivity contribution in [2.75, 3.05) is 51.3 Å². The van der Waals surface area contributed by atoms with E-state index in [2.05, 4.69) is 25.6 Å². The first kappa shape index (κ1) is 25.6. The number of carbonyl (C=O) groups excluding carboxylic acids is 2. The maximum absolute atomic E-state index is 12.6. The molecule has 3 amide bonds. The number of nitrogens with one attached hydrogen (secondary N) is 2. The molecule has 3 aromatic rings. The highest BCUT2D eigenvalue weighted by atomic mass is 35.5. The minimum atomic E-state index is -0.281. The van der Waals surface area contributed by atoms with E-state index >= 15 is 0 Å². The van der Waals surface area contributed by atoms with Gasteiger partial charge in [-0.15, -0.1) is 0 Å². The zero-order valence-electron chi connectivity index (χ0n) is 20.0. The first-order chi connectivity index (χ1) is 17.4. The van der Waals surface area contributed by atoms with Crippen molar-refractivity contribution < 1.29 is 14.3 Å². The molecule has 1 aromatic heterocycles. The van der Waals surface area contributed by atoms with Gasteiger partial charge in [0.1, 0.15) is 23.6 Å². The number of ether oxygens (including phenoxy) is 1. The van der Waals surface area contributed by atoms with Gasteiger partial charge in [-0.3, -0.25) is 4.79 Å². The summed E-state index contributed by atoms with van der Waals surface area (Å²) in [5, 5.41) is 10.7. The van der Waals surface area contributed by atoms with E-state index in [-0.39, 0.29) is 11.9 Å². The van der Waals surface area contributed by atoms with Gasteiger partial charge >= 0.3 is 6.03 Å². The summed E-state index contributed by atoms with van der Waals surface area (Å²) >= 11 is 11.8. The Balaban J connectivity index is 1.23. The second-order valence-corrected chi connectivity index (χ2v) is 9.00. The number of benzene rings is 2. The fourth-order valence-electron chi connectivity index (χ4n) is 3.88. The number of rotatable bonds is 7. The van der Waals surface area contributed by atoms with Crippen LogP contribution in [0, 0.1) is 6.92 Å². The van der Waals surface area contributed by atoms with Gasteiger partial charge in [-0.2, -0.15) is 5.10 Å². The number of hydrogen-bond donors (Lipinski definition) is 2. The predicted octanol–water partition coefficient (Wildman–Crippen LogP) is 3.15. The fraction of sp³-hybridized carbons (Fsp3) is 0.333. The van der Waals surface area contributed by atoms with E-state index in [0.29, 0.717) is 66.5 Å². The second-order valence-electron chi connectivity index (χ2n) is 8.18. The molecule has 0 unspecified atom stereocenters. The molecule has 1 fully saturated rings. The number of halogens is 2. The zero-order chi connectivity index (χ0) is 25.7. The van der Waals surface area contributed by atoms with Gasteiger partial charge in [0.25, 0.3) is 5.91 Å². The smallest absolute Gasteiger partial charge is 0.317 e. The normalized spacial score (nSPS) is 13.4. The zero-order valence-corrected chi connectivity index (χ0v) is 21.5. The van der Waals surface area contributed by atoms with Crippen molar-refractivity contribution in [1.82, 2.24) is 30.3 Å². The molecule has 36 heavy (non-hydrogen) atoms. The number of carbonyl (C=O) groups is 2. The van der Waals surface area contributed by atoms with Gasteiger partial charge < -0.3 is 25.2 Å². The van der Waals surface area contributed by atoms with Crippen LogP contribution in [-0.2, 0) is 0 Å². The van der Waals surface area contributed by atoms with Crippen LogP contribution in [0.2, 0.25) is 10.0 Å². The summed E-state index contributed by atoms with van der Waals surface area (Å²) in [6, 6.07) is 10.5. The minimum Gasteiger partial charge on any atom is -0.494 e. The molecule has 4 rings (SSSR count). The number of methoxy groups -OCH3 is 1. The van der Waals surface area contributed by atoms with Gasteiger partial charge in [0.05, 0.1) is 17.2 Å². The number of amides is 3. The van der Waals surface area contributed by atoms with Crippen LogP contribution in [0.15, 0.2) is 42.7 Å². The van der Waals surface area contributed by atoms with Crippen molar-refractivity contribution in [3.63, 3.8) is 0 Å². The highest BCUT2D eigenvalue weighted by Crippen LogP contribution is 2.29. The number of aryl methyl sites for hydroxylation is 1. The topological polar surface area (TPSA) is 105 Å². The van der Waals surface area contributed by atoms with Crippen molar-refractivity contribution in [2.45, 2.75) is 6.92 Å². The van der Waals surface area contributed by atoms with E-state index < -0.39 is 0 Å². The highest BCUT2D eigenvalue weighted by molar-refractivity contribution is 6.42. The van der Waals surface area contributed by atoms with Crippen LogP contribution in [0.25, 0.3) is 5.69 Å². The van der Waals surface area contributed by atoms with E-state index in [9.17, 15) is 9.59 Å². The molecule has 2 heterocycles. The molecule has 10 nitrogen and oxygen atoms in total. The quantitative estimate of drug-likeness (QED) is 0.453. The Labute approximate surface area is 219 Å². The molecule has 0 aliphatic carbocycles. The van der Waals surface area contributed by atoms with Crippen molar-refractivity contribution in [2.24, 2.45) is 0 Å². The Hall–Kier alpha value is -3.50. The average molecular weight is 532 g/mol. The number of nitrogens with zero attached hydrogens (tertiary/aromatic N) is 5. The maximum Gasteiger partial charge on any atom is 0.317 e. The van der Waals surface area contributed by atoms with Crippen LogP contribution in [-0.4, -0.2) is 78.0 Å². The summed E-state index contributed by atoms with van der Waals surface area (Å²) in [6.07, 6.45) is 1.66. The summed E-state index contributed by atoms with van der Waals surface area (Å²) in [6.45, 7) is 4.97. The third-order valence-electron chi connectivity index (χ3n) is 5.82. The Bertz CT molecular complexity index is 1240. The van der Waals surface area contributed by atoms with E-state index in [0.717, 1.165) is 11.4 Å². The van der Waals surface area contributed by atoms with E-state index in [4.69, 9.17) is 27.9 Å². The predicted molar refractivity (Wildman–Crippen MR) is 139 cm³/mol. The van der Waals surface area contributed by atoms with Crippen LogP contribution in [0.5, 0.6) is 5.75 Å². The van der Waals surface area contributed by atoms with E-state index in [1.807, 2.05) is 25.1 Å². The van der Waals surface area contributed by atoms with Crippen LogP contribution in [0.3, 0.4) is 0 Å². The molecular weight excluding hydrogens is 505 g/mol. The molecule has 2 N–H and O–H groups in total. The third-order valence-corrected chi connectivity index (χ3v) is 6.56. The van der Waals surface area contributed by atoms with Gasteiger partial charge in [-0.1, -0.05) is 23.2 Å². The first-order valence-electron chi connectivity index (χ1n) is 11.4. The molecule has 190 valence electrons. The van der Waals surface area contributed by atoms with Crippen molar-refractivity contribution >= 4 is 40.8 Å². The molecule has 12 heteroatoms. The largest absolute Gasteiger partial charge is 0.494 e. The molecule has 1 aliphatic heterocycles. The molecule has 0 radical (unpaired) electrons. The first-order valence-corrected chi connectivity index (χ1v) is 12.2. The summed E-state index contributed by atoms with van der Waals surface area (Å²) in [5.74, 6) is 1.10. The lowest BCUT2D eigenvalue weighted by Gasteiger charge is -2.36. The molecule has 0 spiro atoms. The van der Waals surface area contributed by atoms with Gasteiger partial charge in [0.15, 0.2) is 0 Å². The van der Waals surface area contributed by atoms with Crippen LogP contribution in [0.1, 0.15) is 16.2 Å². The molecule has 1 aliphatic rings. The van der Waals surface area contributed by atoms with E-state index in [1.54, 1.807) is 35.2 Å². The Morgan fingerprint density at radius 2 is 1.75 bits per heavy atom. The Morgan fingerprint density at radius 1 is 1.00 bits per heavy atom. The lowest BCUT2D eigenvalue weighted by atomic mass is 10.2. The molecule has 0 saturated carbocycles. The number of hydrogen-bond acceptors (Lipinski definition) is 6. The third kappa shape index (κ3) is 6.00. The monoisotopic (exact) mass is 531 g/mol. The summed E-state index contributed by atoms with van der Waals surface area (Å²) in [4.78, 5) is 32.9. The second kappa shape index (κ2) is 11.5. The van der Waals surface area contributed by atoms with Crippen LogP contribution < -0.4 is 20.3 Å². The van der Waals surface area contributed by atoms with Gasteiger partial charge in [0.2, 0.25) is 0 Å². The van der Waals surface area contributed by atoms with Gasteiger partial charge in [-0.25, -0.2) is 14.5 Å². The highest BCUT2D eigenvalue weighted by Gasteiger charge is 2.22. The Morgan fingerprint density at radius 3 is 2.42 bits per heavy atom. The Kier molecular flexibility index (Phi) is 8.17. The fourth-order valence-corrected chi connectivity index (χ4v) is 4.18. The summed E-state index contributed by atoms with van der Waals surface area (Å²) < 4.78 is 7.27. The number of aromatic nitrogens is 3. The maximum atomic E-state index is 12.6. The molecule has 1 saturated heterocycles. The minimum absolute atomic E-state index is 0.159. The summed E-state index contributed by atoms with van der Waals surface area (Å²) in [5.41, 5.74) is 2.23. The number of anilines is 1. The number of urea groups is 1. The van der Waals surface area contributed by atoms with Crippen molar-refractivity contribution in [1.29, 1.82) is 0 Å². The molecular formula is C24H27Cl2N7O3. The van der Waals surface area contributed by atoms with Crippen molar-refractivity contribution in [3.8, 4) is 11.4 Å². The molecule has 0 bridgehead atoms. The van der Waals surface area contributed by atoms with Crippen molar-refractivity contribution in [3.05, 3.63) is 64.2 Å². The standard InChI is InChI=1S/C24H27Cl2N7O3/c1-16-29-15-33(30-16)21-6-4-18(14-22(21)36-2)31-9-11-32(12-10-31)24(35)28-8-7-27-23(34)17-3-5-19(25)20(26)13-17/h3-6,13-15H,7-12H2,1-2H3,(H,27,34)(H,28,35). The van der Waals surface area contributed by atoms with Gasteiger partial charge in [0, 0.05) is 56.6 Å².